The van der Waals surface area contributed by atoms with Crippen LogP contribution in [0.15, 0.2) is 36.4 Å². The lowest BCUT2D eigenvalue weighted by Crippen LogP contribution is -2.13. The smallest absolute Gasteiger partial charge is 0.257 e. The highest BCUT2D eigenvalue weighted by Gasteiger charge is 2.12. The highest BCUT2D eigenvalue weighted by molar-refractivity contribution is 6.36. The molecular weight excluding hydrogens is 283 g/mol. The van der Waals surface area contributed by atoms with E-state index in [0.717, 1.165) is 5.56 Å². The molecule has 0 saturated carbocycles. The third-order valence-corrected chi connectivity index (χ3v) is 3.25. The largest absolute Gasteiger partial charge is 0.399 e. The van der Waals surface area contributed by atoms with Crippen LogP contribution in [0, 0.1) is 6.92 Å². The van der Waals surface area contributed by atoms with Gasteiger partial charge >= 0.3 is 0 Å². The zero-order valence-corrected chi connectivity index (χ0v) is 11.7. The number of hydrogen-bond acceptors (Lipinski definition) is 2. The predicted octanol–water partition coefficient (Wildman–Crippen LogP) is 4.14. The van der Waals surface area contributed by atoms with Gasteiger partial charge in [0.15, 0.2) is 0 Å². The maximum absolute atomic E-state index is 12.1. The molecule has 0 radical (unpaired) electrons. The van der Waals surface area contributed by atoms with E-state index in [1.54, 1.807) is 30.3 Å². The number of carbonyl (C=O) groups excluding carboxylic acids is 1. The van der Waals surface area contributed by atoms with E-state index in [9.17, 15) is 4.79 Å². The van der Waals surface area contributed by atoms with Crippen molar-refractivity contribution in [3.63, 3.8) is 0 Å². The van der Waals surface area contributed by atoms with E-state index in [1.807, 2.05) is 13.0 Å². The van der Waals surface area contributed by atoms with Crippen molar-refractivity contribution in [2.75, 3.05) is 11.1 Å². The second-order valence-electron chi connectivity index (χ2n) is 4.18. The first kappa shape index (κ1) is 13.7. The Morgan fingerprint density at radius 2 is 1.84 bits per heavy atom. The highest BCUT2D eigenvalue weighted by Crippen LogP contribution is 2.26. The minimum Gasteiger partial charge on any atom is -0.399 e. The molecule has 2 aromatic carbocycles. The van der Waals surface area contributed by atoms with Crippen LogP contribution in [0.2, 0.25) is 10.0 Å². The lowest BCUT2D eigenvalue weighted by Gasteiger charge is -2.09. The Morgan fingerprint density at radius 3 is 2.53 bits per heavy atom. The van der Waals surface area contributed by atoms with Gasteiger partial charge in [0.25, 0.3) is 5.91 Å². The first-order valence-corrected chi connectivity index (χ1v) is 6.35. The molecule has 1 amide bonds. The molecular formula is C14H12Cl2N2O. The number of anilines is 2. The van der Waals surface area contributed by atoms with Crippen molar-refractivity contribution in [3.05, 3.63) is 57.6 Å². The Morgan fingerprint density at radius 1 is 1.11 bits per heavy atom. The molecule has 0 unspecified atom stereocenters. The van der Waals surface area contributed by atoms with Gasteiger partial charge in [-0.15, -0.1) is 0 Å². The van der Waals surface area contributed by atoms with Gasteiger partial charge in [-0.05, 0) is 42.8 Å². The first-order valence-electron chi connectivity index (χ1n) is 5.60. The number of nitrogens with one attached hydrogen (secondary N) is 1. The molecule has 19 heavy (non-hydrogen) atoms. The molecule has 0 bridgehead atoms. The van der Waals surface area contributed by atoms with Gasteiger partial charge in [0.1, 0.15) is 0 Å². The van der Waals surface area contributed by atoms with Gasteiger partial charge in [-0.1, -0.05) is 29.3 Å². The van der Waals surface area contributed by atoms with Crippen LogP contribution in [-0.2, 0) is 0 Å². The summed E-state index contributed by atoms with van der Waals surface area (Å²) in [6.45, 7) is 1.91. The van der Waals surface area contributed by atoms with Crippen LogP contribution in [-0.4, -0.2) is 5.91 Å². The third kappa shape index (κ3) is 3.19. The average molecular weight is 295 g/mol. The van der Waals surface area contributed by atoms with Crippen LogP contribution < -0.4 is 11.1 Å². The fourth-order valence-corrected chi connectivity index (χ4v) is 2.12. The molecule has 5 heteroatoms. The Hall–Kier alpha value is -1.71. The Kier molecular flexibility index (Phi) is 3.98. The highest BCUT2D eigenvalue weighted by atomic mass is 35.5. The Labute approximate surface area is 121 Å². The van der Waals surface area contributed by atoms with Gasteiger partial charge in [0, 0.05) is 5.69 Å². The van der Waals surface area contributed by atoms with Crippen molar-refractivity contribution < 1.29 is 4.79 Å². The molecule has 0 aliphatic carbocycles. The van der Waals surface area contributed by atoms with Crippen LogP contribution in [0.25, 0.3) is 0 Å². The SMILES string of the molecule is Cc1ccc(C(=O)Nc2cc(N)ccc2Cl)c(Cl)c1. The van der Waals surface area contributed by atoms with Crippen LogP contribution in [0.1, 0.15) is 15.9 Å². The van der Waals surface area contributed by atoms with E-state index in [0.29, 0.717) is 27.0 Å². The minimum atomic E-state index is -0.322. The molecule has 3 nitrogen and oxygen atoms in total. The van der Waals surface area contributed by atoms with Crippen LogP contribution in [0.3, 0.4) is 0 Å². The summed E-state index contributed by atoms with van der Waals surface area (Å²) in [7, 11) is 0. The first-order chi connectivity index (χ1) is 8.97. The van der Waals surface area contributed by atoms with Crippen molar-refractivity contribution in [2.45, 2.75) is 6.92 Å². The summed E-state index contributed by atoms with van der Waals surface area (Å²) >= 11 is 12.0. The van der Waals surface area contributed by atoms with E-state index in [2.05, 4.69) is 5.32 Å². The van der Waals surface area contributed by atoms with Crippen molar-refractivity contribution in [3.8, 4) is 0 Å². The van der Waals surface area contributed by atoms with Gasteiger partial charge in [-0.3, -0.25) is 4.79 Å². The van der Waals surface area contributed by atoms with Gasteiger partial charge < -0.3 is 11.1 Å². The molecule has 0 fully saturated rings. The molecule has 0 aliphatic heterocycles. The summed E-state index contributed by atoms with van der Waals surface area (Å²) in [5, 5.41) is 3.51. The van der Waals surface area contributed by atoms with Gasteiger partial charge in [0.05, 0.1) is 21.3 Å². The number of nitrogen functional groups attached to an aromatic ring is 1. The number of benzene rings is 2. The zero-order chi connectivity index (χ0) is 14.0. The lowest BCUT2D eigenvalue weighted by atomic mass is 10.1. The molecule has 2 rings (SSSR count). The molecule has 0 spiro atoms. The van der Waals surface area contributed by atoms with Crippen molar-refractivity contribution in [1.82, 2.24) is 0 Å². The molecule has 0 heterocycles. The normalized spacial score (nSPS) is 10.3. The standard InChI is InChI=1S/C14H12Cl2N2O/c1-8-2-4-10(12(16)6-8)14(19)18-13-7-9(17)3-5-11(13)15/h2-7H,17H2,1H3,(H,18,19). The van der Waals surface area contributed by atoms with Gasteiger partial charge in [-0.25, -0.2) is 0 Å². The van der Waals surface area contributed by atoms with Crippen molar-refractivity contribution >= 4 is 40.5 Å². The van der Waals surface area contributed by atoms with E-state index in [4.69, 9.17) is 28.9 Å². The number of hydrogen-bond donors (Lipinski definition) is 2. The molecule has 0 saturated heterocycles. The van der Waals surface area contributed by atoms with Gasteiger partial charge in [0.2, 0.25) is 0 Å². The number of aryl methyl sites for hydroxylation is 1. The molecule has 2 aromatic rings. The number of amides is 1. The topological polar surface area (TPSA) is 55.1 Å². The van der Waals surface area contributed by atoms with E-state index in [-0.39, 0.29) is 5.91 Å². The molecule has 0 aromatic heterocycles. The number of halogens is 2. The summed E-state index contributed by atoms with van der Waals surface area (Å²) in [5.41, 5.74) is 8.02. The van der Waals surface area contributed by atoms with E-state index < -0.39 is 0 Å². The summed E-state index contributed by atoms with van der Waals surface area (Å²) in [4.78, 5) is 12.1. The fraction of sp³-hybridized carbons (Fsp3) is 0.0714. The number of nitrogens with two attached hydrogens (primary N) is 1. The van der Waals surface area contributed by atoms with Crippen LogP contribution >= 0.6 is 23.2 Å². The minimum absolute atomic E-state index is 0.322. The summed E-state index contributed by atoms with van der Waals surface area (Å²) < 4.78 is 0. The van der Waals surface area contributed by atoms with E-state index >= 15 is 0 Å². The monoisotopic (exact) mass is 294 g/mol. The summed E-state index contributed by atoms with van der Waals surface area (Å²) in [5.74, 6) is -0.322. The zero-order valence-electron chi connectivity index (χ0n) is 10.2. The number of carbonyl (C=O) groups is 1. The fourth-order valence-electron chi connectivity index (χ4n) is 1.63. The maximum Gasteiger partial charge on any atom is 0.257 e. The van der Waals surface area contributed by atoms with Crippen molar-refractivity contribution in [2.24, 2.45) is 0 Å². The Bertz CT molecular complexity index is 641. The second kappa shape index (κ2) is 5.51. The predicted molar refractivity (Wildman–Crippen MR) is 80.0 cm³/mol. The van der Waals surface area contributed by atoms with Crippen LogP contribution in [0.4, 0.5) is 11.4 Å². The van der Waals surface area contributed by atoms with Gasteiger partial charge in [-0.2, -0.15) is 0 Å². The molecule has 0 atom stereocenters. The van der Waals surface area contributed by atoms with Crippen LogP contribution in [0.5, 0.6) is 0 Å². The summed E-state index contributed by atoms with van der Waals surface area (Å²) in [6.07, 6.45) is 0. The second-order valence-corrected chi connectivity index (χ2v) is 4.99. The molecule has 98 valence electrons. The maximum atomic E-state index is 12.1. The number of rotatable bonds is 2. The molecule has 3 N–H and O–H groups in total. The third-order valence-electron chi connectivity index (χ3n) is 2.61. The van der Waals surface area contributed by atoms with Crippen molar-refractivity contribution in [1.29, 1.82) is 0 Å². The lowest BCUT2D eigenvalue weighted by molar-refractivity contribution is 0.102. The molecule has 0 aliphatic rings. The average Bonchev–Trinajstić information content (AvgIpc) is 2.33. The quantitative estimate of drug-likeness (QED) is 0.818. The Balaban J connectivity index is 2.28. The summed E-state index contributed by atoms with van der Waals surface area (Å²) in [6, 6.07) is 10.1. The van der Waals surface area contributed by atoms with E-state index in [1.165, 1.54) is 0 Å².